The Morgan fingerprint density at radius 2 is 1.77 bits per heavy atom. The van der Waals surface area contributed by atoms with Gasteiger partial charge in [0, 0.05) is 38.2 Å². The van der Waals surface area contributed by atoms with Gasteiger partial charge in [0.2, 0.25) is 19.5 Å². The number of aliphatic hydroxyl groups is 1. The molecule has 0 saturated carbocycles. The third-order valence-corrected chi connectivity index (χ3v) is 8.10. The predicted molar refractivity (Wildman–Crippen MR) is 146 cm³/mol. The zero-order valence-electron chi connectivity index (χ0n) is 22.9. The lowest BCUT2D eigenvalue weighted by Crippen LogP contribution is -2.45. The van der Waals surface area contributed by atoms with E-state index < -0.39 is 11.9 Å². The number of nitrogens with zero attached hydrogens (tertiary/aromatic N) is 2. The number of rotatable bonds is 13. The van der Waals surface area contributed by atoms with Gasteiger partial charge in [0.15, 0.2) is 23.0 Å². The van der Waals surface area contributed by atoms with E-state index in [1.54, 1.807) is 4.90 Å². The van der Waals surface area contributed by atoms with Crippen molar-refractivity contribution in [2.24, 2.45) is 5.92 Å². The molecule has 3 heterocycles. The summed E-state index contributed by atoms with van der Waals surface area (Å²) in [5, 5.41) is 19.9. The minimum atomic E-state index is -0.886. The second-order valence-electron chi connectivity index (χ2n) is 10.6. The van der Waals surface area contributed by atoms with Crippen molar-refractivity contribution in [3.05, 3.63) is 47.5 Å². The van der Waals surface area contributed by atoms with Crippen LogP contribution in [-0.4, -0.2) is 84.3 Å². The van der Waals surface area contributed by atoms with Gasteiger partial charge < -0.3 is 34.1 Å². The molecule has 3 atom stereocenters. The number of hydrogen-bond acceptors (Lipinski definition) is 8. The molecule has 1 fully saturated rings. The average molecular weight is 555 g/mol. The number of unbranched alkanes of at least 4 members (excludes halogenated alkanes) is 1. The number of carboxylic acids is 1. The Morgan fingerprint density at radius 3 is 2.58 bits per heavy atom. The number of benzene rings is 2. The van der Waals surface area contributed by atoms with Crippen LogP contribution in [0.3, 0.4) is 0 Å². The molecule has 40 heavy (non-hydrogen) atoms. The summed E-state index contributed by atoms with van der Waals surface area (Å²) in [6, 6.07) is 11.0. The Balaban J connectivity index is 1.41. The standard InChI is InChI=1S/C30H38N2O8/c1-2-3-12-31(13-5-14-33)27(34)17-32-16-22(21-9-11-24-26(15-21)39-18-37-24)28(30(35)36)23(32)10-8-20-6-4-7-25-29(20)40-19-38-25/h4,6-7,9,11,15,22-23,28,33H,2-3,5,8,10,12-14,16-19H2,1H3,(H,35,36). The first-order chi connectivity index (χ1) is 19.5. The van der Waals surface area contributed by atoms with Crippen molar-refractivity contribution < 1.29 is 38.7 Å². The highest BCUT2D eigenvalue weighted by atomic mass is 16.7. The number of amides is 1. The van der Waals surface area contributed by atoms with Gasteiger partial charge in [-0.3, -0.25) is 14.5 Å². The number of carbonyl (C=O) groups is 2. The maximum Gasteiger partial charge on any atom is 0.308 e. The Hall–Kier alpha value is -3.50. The van der Waals surface area contributed by atoms with Crippen molar-refractivity contribution in [1.29, 1.82) is 0 Å². The van der Waals surface area contributed by atoms with E-state index in [0.717, 1.165) is 24.0 Å². The summed E-state index contributed by atoms with van der Waals surface area (Å²) in [5.41, 5.74) is 1.82. The second kappa shape index (κ2) is 12.8. The van der Waals surface area contributed by atoms with Crippen molar-refractivity contribution in [2.75, 3.05) is 46.4 Å². The highest BCUT2D eigenvalue weighted by Gasteiger charge is 2.47. The van der Waals surface area contributed by atoms with Crippen LogP contribution in [0, 0.1) is 5.92 Å². The van der Waals surface area contributed by atoms with Gasteiger partial charge in [0.1, 0.15) is 0 Å². The van der Waals surface area contributed by atoms with Gasteiger partial charge in [-0.1, -0.05) is 31.5 Å². The minimum absolute atomic E-state index is 0.0166. The summed E-state index contributed by atoms with van der Waals surface area (Å²) in [6.45, 7) is 4.06. The monoisotopic (exact) mass is 554 g/mol. The van der Waals surface area contributed by atoms with Gasteiger partial charge in [-0.2, -0.15) is 0 Å². The van der Waals surface area contributed by atoms with Crippen LogP contribution in [0.4, 0.5) is 0 Å². The maximum atomic E-state index is 13.5. The van der Waals surface area contributed by atoms with Crippen LogP contribution in [0.2, 0.25) is 0 Å². The van der Waals surface area contributed by atoms with E-state index >= 15 is 0 Å². The van der Waals surface area contributed by atoms with Gasteiger partial charge in [-0.05, 0) is 55.0 Å². The van der Waals surface area contributed by atoms with Crippen LogP contribution in [0.5, 0.6) is 23.0 Å². The van der Waals surface area contributed by atoms with Crippen molar-refractivity contribution in [3.63, 3.8) is 0 Å². The fraction of sp³-hybridized carbons (Fsp3) is 0.533. The smallest absolute Gasteiger partial charge is 0.308 e. The molecule has 0 aliphatic carbocycles. The molecule has 10 heteroatoms. The van der Waals surface area contributed by atoms with Crippen LogP contribution in [-0.2, 0) is 16.0 Å². The van der Waals surface area contributed by atoms with E-state index in [0.29, 0.717) is 61.9 Å². The topological polar surface area (TPSA) is 118 Å². The molecule has 1 amide bonds. The quantitative estimate of drug-likeness (QED) is 0.385. The molecule has 3 unspecified atom stereocenters. The van der Waals surface area contributed by atoms with E-state index in [1.165, 1.54) is 0 Å². The summed E-state index contributed by atoms with van der Waals surface area (Å²) in [6.07, 6.45) is 3.47. The predicted octanol–water partition coefficient (Wildman–Crippen LogP) is 3.26. The first-order valence-corrected chi connectivity index (χ1v) is 14.1. The van der Waals surface area contributed by atoms with Crippen LogP contribution >= 0.6 is 0 Å². The molecule has 10 nitrogen and oxygen atoms in total. The van der Waals surface area contributed by atoms with E-state index in [2.05, 4.69) is 6.92 Å². The summed E-state index contributed by atoms with van der Waals surface area (Å²) in [7, 11) is 0. The zero-order valence-corrected chi connectivity index (χ0v) is 22.9. The molecule has 1 saturated heterocycles. The number of fused-ring (bicyclic) bond motifs is 2. The van der Waals surface area contributed by atoms with Gasteiger partial charge in [-0.15, -0.1) is 0 Å². The SMILES string of the molecule is CCCCN(CCCO)C(=O)CN1CC(c2ccc3c(c2)OCO3)C(C(=O)O)C1CCc1cccc2c1OCO2. The van der Waals surface area contributed by atoms with E-state index in [4.69, 9.17) is 18.9 Å². The molecule has 0 bridgehead atoms. The Labute approximate surface area is 234 Å². The normalized spacial score (nSPS) is 21.1. The van der Waals surface area contributed by atoms with Crippen molar-refractivity contribution >= 4 is 11.9 Å². The lowest BCUT2D eigenvalue weighted by Gasteiger charge is -2.30. The zero-order chi connectivity index (χ0) is 28.1. The summed E-state index contributed by atoms with van der Waals surface area (Å²) in [4.78, 5) is 30.2. The summed E-state index contributed by atoms with van der Waals surface area (Å²) in [5.74, 6) is 0.683. The van der Waals surface area contributed by atoms with Gasteiger partial charge in [0.05, 0.1) is 12.5 Å². The fourth-order valence-electron chi connectivity index (χ4n) is 6.07. The van der Waals surface area contributed by atoms with Crippen LogP contribution in [0.15, 0.2) is 36.4 Å². The molecule has 2 N–H and O–H groups in total. The highest BCUT2D eigenvalue weighted by molar-refractivity contribution is 5.79. The molecule has 3 aliphatic heterocycles. The van der Waals surface area contributed by atoms with Crippen molar-refractivity contribution in [2.45, 2.75) is 51.0 Å². The van der Waals surface area contributed by atoms with Crippen LogP contribution < -0.4 is 18.9 Å². The molecule has 2 aromatic carbocycles. The molecule has 2 aromatic rings. The maximum absolute atomic E-state index is 13.5. The van der Waals surface area contributed by atoms with Crippen molar-refractivity contribution in [3.8, 4) is 23.0 Å². The number of aliphatic carboxylic acids is 1. The molecule has 3 aliphatic rings. The summed E-state index contributed by atoms with van der Waals surface area (Å²) < 4.78 is 22.3. The lowest BCUT2D eigenvalue weighted by molar-refractivity contribution is -0.143. The fourth-order valence-corrected chi connectivity index (χ4v) is 6.07. The molecule has 0 aromatic heterocycles. The number of carbonyl (C=O) groups excluding carboxylic acids is 1. The van der Waals surface area contributed by atoms with E-state index in [1.807, 2.05) is 41.3 Å². The average Bonchev–Trinajstić information content (AvgIpc) is 3.70. The Morgan fingerprint density at radius 1 is 1.00 bits per heavy atom. The Kier molecular flexibility index (Phi) is 8.96. The van der Waals surface area contributed by atoms with Gasteiger partial charge in [0.25, 0.3) is 0 Å². The van der Waals surface area contributed by atoms with Crippen LogP contribution in [0.25, 0.3) is 0 Å². The van der Waals surface area contributed by atoms with E-state index in [9.17, 15) is 19.8 Å². The minimum Gasteiger partial charge on any atom is -0.481 e. The highest BCUT2D eigenvalue weighted by Crippen LogP contribution is 2.44. The first-order valence-electron chi connectivity index (χ1n) is 14.1. The van der Waals surface area contributed by atoms with Crippen molar-refractivity contribution in [1.82, 2.24) is 9.80 Å². The number of ether oxygens (including phenoxy) is 4. The third kappa shape index (κ3) is 5.97. The summed E-state index contributed by atoms with van der Waals surface area (Å²) >= 11 is 0. The molecule has 0 spiro atoms. The second-order valence-corrected chi connectivity index (χ2v) is 10.6. The number of aryl methyl sites for hydroxylation is 1. The van der Waals surface area contributed by atoms with Gasteiger partial charge >= 0.3 is 5.97 Å². The molecular formula is C30H38N2O8. The number of para-hydroxylation sites is 1. The lowest BCUT2D eigenvalue weighted by atomic mass is 9.83. The largest absolute Gasteiger partial charge is 0.481 e. The Bertz CT molecular complexity index is 1200. The molecule has 5 rings (SSSR count). The van der Waals surface area contributed by atoms with Crippen LogP contribution in [0.1, 0.15) is 49.7 Å². The number of carboxylic acid groups (broad SMARTS) is 1. The van der Waals surface area contributed by atoms with Gasteiger partial charge in [-0.25, -0.2) is 0 Å². The molecular weight excluding hydrogens is 516 g/mol. The first kappa shape index (κ1) is 28.0. The van der Waals surface area contributed by atoms with E-state index in [-0.39, 0.29) is 44.6 Å². The number of hydrogen-bond donors (Lipinski definition) is 2. The third-order valence-electron chi connectivity index (χ3n) is 8.10. The molecule has 0 radical (unpaired) electrons. The number of aliphatic hydroxyl groups excluding tert-OH is 1. The number of likely N-dealkylation sites (tertiary alicyclic amines) is 1. The molecule has 216 valence electrons.